The molecule has 11 atom stereocenters. The fraction of sp³-hybridized carbons (Fsp3) is 0.685. The molecule has 464 valence electrons. The van der Waals surface area contributed by atoms with E-state index < -0.39 is 181 Å². The summed E-state index contributed by atoms with van der Waals surface area (Å²) >= 11 is 1.47. The number of fused-ring (bicyclic) bond motifs is 5. The number of hydrogen-bond acceptors (Lipinski definition) is 20. The lowest BCUT2D eigenvalue weighted by atomic mass is 9.85. The minimum absolute atomic E-state index is 0.0727. The monoisotopic (exact) mass is 1210 g/mol. The third-order valence-electron chi connectivity index (χ3n) is 14.8. The van der Waals surface area contributed by atoms with E-state index in [1.807, 2.05) is 0 Å². The van der Waals surface area contributed by atoms with Crippen LogP contribution in [0.15, 0.2) is 17.2 Å². The van der Waals surface area contributed by atoms with Crippen LogP contribution in [0.25, 0.3) is 10.9 Å². The molecule has 1 saturated heterocycles. The van der Waals surface area contributed by atoms with Crippen LogP contribution < -0.4 is 37.1 Å². The summed E-state index contributed by atoms with van der Waals surface area (Å²) in [6.45, 7) is 5.74. The van der Waals surface area contributed by atoms with Gasteiger partial charge >= 0.3 is 0 Å². The summed E-state index contributed by atoms with van der Waals surface area (Å²) in [6, 6.07) is -3.58. The van der Waals surface area contributed by atoms with Crippen molar-refractivity contribution in [1.82, 2.24) is 36.5 Å². The summed E-state index contributed by atoms with van der Waals surface area (Å²) in [6.07, 6.45) is -5.27. The Balaban J connectivity index is 1.60. The Morgan fingerprint density at radius 1 is 0.831 bits per heavy atom. The number of nitrogens with one attached hydrogen (secondary N) is 6. The van der Waals surface area contributed by atoms with Crippen LogP contribution >= 0.6 is 11.8 Å². The molecule has 1 unspecified atom stereocenters. The largest absolute Gasteiger partial charge is 0.496 e. The van der Waals surface area contributed by atoms with Gasteiger partial charge in [-0.05, 0) is 30.0 Å². The van der Waals surface area contributed by atoms with Crippen molar-refractivity contribution in [2.75, 3.05) is 111 Å². The maximum atomic E-state index is 15.3. The van der Waals surface area contributed by atoms with Gasteiger partial charge in [0.15, 0.2) is 11.6 Å². The summed E-state index contributed by atoms with van der Waals surface area (Å²) in [4.78, 5) is 131. The highest BCUT2D eigenvalue weighted by molar-refractivity contribution is 7.98. The van der Waals surface area contributed by atoms with Crippen molar-refractivity contribution in [3.05, 3.63) is 23.3 Å². The number of carbonyl (C=O) groups excluding carboxylic acids is 9. The standard InChI is InChI=1S/C54H82N8O19S2/c1-6-30(2)36-21-33(64)24-56-49(70)32-19-37-35-7-8-44(77-5)38(28-82-18-17-81-16-15-80-14-13-79-12-11-78-10-9-76-4)48(35)61-53(37)83(75)29-40(58-46(69)25-57-50(36)71)51(72)59-39(23-45(55)68)54(74)62-26-34(65)22-41(62)52(73)60-47(42(66)20-32)31(3)43(67)27-63/h7-8,30-32,34,36,39-41,43,47,61,63,65,67H,6,9-29H2,1-5H3,(H2,55,68)(H,56,70)(H,57,71)(H,58,69)(H,59,72)(H,60,73)/t30-,31-,32+,34+,36-,39-,40+,41-,43-,47-,83?/m0/s1. The van der Waals surface area contributed by atoms with Crippen LogP contribution in [0.5, 0.6) is 5.75 Å². The number of hydrogen-bond donors (Lipinski definition) is 10. The highest BCUT2D eigenvalue weighted by atomic mass is 32.2. The average molecular weight is 1210 g/mol. The van der Waals surface area contributed by atoms with Gasteiger partial charge < -0.3 is 85.9 Å². The van der Waals surface area contributed by atoms with Crippen LogP contribution in [0.2, 0.25) is 0 Å². The predicted molar refractivity (Wildman–Crippen MR) is 301 cm³/mol. The average Bonchev–Trinajstić information content (AvgIpc) is 2.73. The first-order valence-electron chi connectivity index (χ1n) is 27.7. The van der Waals surface area contributed by atoms with Gasteiger partial charge in [0.05, 0.1) is 133 Å². The van der Waals surface area contributed by atoms with E-state index in [1.165, 1.54) is 25.8 Å². The zero-order chi connectivity index (χ0) is 60.8. The lowest BCUT2D eigenvalue weighted by molar-refractivity contribution is -0.144. The second-order valence-electron chi connectivity index (χ2n) is 20.7. The van der Waals surface area contributed by atoms with Gasteiger partial charge in [-0.15, -0.1) is 0 Å². The van der Waals surface area contributed by atoms with Gasteiger partial charge in [-0.25, -0.2) is 0 Å². The Bertz CT molecular complexity index is 2590. The van der Waals surface area contributed by atoms with Crippen molar-refractivity contribution >= 4 is 86.4 Å². The first-order valence-corrected chi connectivity index (χ1v) is 30.2. The summed E-state index contributed by atoms with van der Waals surface area (Å²) in [5, 5.41) is 44.9. The highest BCUT2D eigenvalue weighted by Gasteiger charge is 2.45. The van der Waals surface area contributed by atoms with E-state index in [0.717, 1.165) is 4.90 Å². The molecule has 7 amide bonds. The number of Topliss-reactive ketones (excluding diaryl/α,β-unsaturated/α-hetero) is 2. The van der Waals surface area contributed by atoms with E-state index in [2.05, 4.69) is 31.6 Å². The molecule has 3 aliphatic heterocycles. The van der Waals surface area contributed by atoms with Gasteiger partial charge in [-0.3, -0.25) is 47.4 Å². The predicted octanol–water partition coefficient (Wildman–Crippen LogP) is -2.49. The van der Waals surface area contributed by atoms with Crippen molar-refractivity contribution in [3.8, 4) is 5.75 Å². The number of benzene rings is 1. The summed E-state index contributed by atoms with van der Waals surface area (Å²) < 4.78 is 48.3. The molecule has 2 bridgehead atoms. The highest BCUT2D eigenvalue weighted by Crippen LogP contribution is 2.37. The Morgan fingerprint density at radius 2 is 1.48 bits per heavy atom. The molecule has 83 heavy (non-hydrogen) atoms. The molecule has 27 nitrogen and oxygen atoms in total. The zero-order valence-electron chi connectivity index (χ0n) is 47.7. The van der Waals surface area contributed by atoms with Gasteiger partial charge in [-0.1, -0.05) is 27.2 Å². The number of rotatable bonds is 25. The molecule has 4 heterocycles. The van der Waals surface area contributed by atoms with Gasteiger partial charge in [0, 0.05) is 73.1 Å². The molecule has 0 saturated carbocycles. The molecular formula is C54H82N8O19S2. The first-order chi connectivity index (χ1) is 39.7. The number of aliphatic hydroxyl groups excluding tert-OH is 3. The molecule has 0 spiro atoms. The molecule has 1 aromatic heterocycles. The van der Waals surface area contributed by atoms with Gasteiger partial charge in [0.25, 0.3) is 0 Å². The topological polar surface area (TPSA) is 392 Å². The fourth-order valence-electron chi connectivity index (χ4n) is 9.90. The van der Waals surface area contributed by atoms with Gasteiger partial charge in [-0.2, -0.15) is 11.8 Å². The molecule has 1 aromatic carbocycles. The van der Waals surface area contributed by atoms with Crippen LogP contribution in [-0.4, -0.2) is 230 Å². The van der Waals surface area contributed by atoms with Crippen LogP contribution in [0.3, 0.4) is 0 Å². The number of carbonyl (C=O) groups is 9. The van der Waals surface area contributed by atoms with Gasteiger partial charge in [0.1, 0.15) is 28.9 Å². The number of aromatic amines is 1. The van der Waals surface area contributed by atoms with E-state index >= 15 is 4.21 Å². The van der Waals surface area contributed by atoms with Gasteiger partial charge in [0.2, 0.25) is 41.4 Å². The third-order valence-corrected chi connectivity index (χ3v) is 17.2. The molecule has 0 aliphatic carbocycles. The number of nitrogens with zero attached hydrogens (tertiary/aromatic N) is 1. The van der Waals surface area contributed by atoms with E-state index in [-0.39, 0.29) is 22.8 Å². The number of thioether (sulfide) groups is 1. The molecule has 11 N–H and O–H groups in total. The number of aromatic nitrogens is 1. The number of H-pyrrole nitrogens is 1. The first kappa shape index (κ1) is 68.2. The molecule has 29 heteroatoms. The van der Waals surface area contributed by atoms with Crippen LogP contribution in [0, 0.1) is 23.7 Å². The molecule has 1 fully saturated rings. The van der Waals surface area contributed by atoms with Crippen molar-refractivity contribution in [1.29, 1.82) is 0 Å². The Labute approximate surface area is 488 Å². The maximum absolute atomic E-state index is 15.3. The summed E-state index contributed by atoms with van der Waals surface area (Å²) in [5.74, 6) is -11.9. The van der Waals surface area contributed by atoms with Crippen LogP contribution in [0.4, 0.5) is 0 Å². The second kappa shape index (κ2) is 34.4. The number of methoxy groups -OCH3 is 2. The lowest BCUT2D eigenvalue weighted by Gasteiger charge is -2.32. The third kappa shape index (κ3) is 20.0. The van der Waals surface area contributed by atoms with E-state index in [4.69, 9.17) is 34.2 Å². The smallest absolute Gasteiger partial charge is 0.246 e. The summed E-state index contributed by atoms with van der Waals surface area (Å²) in [5.41, 5.74) is 6.76. The summed E-state index contributed by atoms with van der Waals surface area (Å²) in [7, 11) is 0.664. The normalized spacial score (nSPS) is 24.9. The van der Waals surface area contributed by atoms with Crippen LogP contribution in [0.1, 0.15) is 64.0 Å². The number of nitrogens with two attached hydrogens (primary N) is 1. The molecule has 3 aliphatic rings. The number of primary amides is 1. The van der Waals surface area contributed by atoms with E-state index in [1.54, 1.807) is 33.1 Å². The molecule has 0 radical (unpaired) electrons. The number of aliphatic hydroxyl groups is 3. The molecule has 5 rings (SSSR count). The Kier molecular flexibility index (Phi) is 28.2. The zero-order valence-corrected chi connectivity index (χ0v) is 49.3. The lowest BCUT2D eigenvalue weighted by Crippen LogP contribution is -2.60. The minimum atomic E-state index is -2.39. The number of amides is 7. The van der Waals surface area contributed by atoms with Crippen molar-refractivity contribution in [2.45, 2.75) is 106 Å². The number of ketones is 2. The molecular weight excluding hydrogens is 1130 g/mol. The van der Waals surface area contributed by atoms with E-state index in [0.29, 0.717) is 93.9 Å². The SMILES string of the molecule is CC[C@H](C)[C@@H]1CC(=O)CNC(=O)[C@H]2CC(=O)[C@H]([C@@H](C)[C@@H](O)CO)NC(=O)[C@@H]3C[C@@H](O)CN3C(=O)[C@H](CC(N)=O)NC(=O)[C@@H](CS(=O)c3[nH]c4c(CSCCOCCOCCOCCOCCOC)c(OC)ccc4c3C2)NC(=O)CNC1=O. The Hall–Kier alpha value is -5.63. The van der Waals surface area contributed by atoms with Crippen molar-refractivity contribution in [3.63, 3.8) is 0 Å². The van der Waals surface area contributed by atoms with Crippen molar-refractivity contribution in [2.24, 2.45) is 29.4 Å². The quantitative estimate of drug-likeness (QED) is 0.0460. The van der Waals surface area contributed by atoms with Crippen molar-refractivity contribution < 1.29 is 91.1 Å². The van der Waals surface area contributed by atoms with E-state index in [9.17, 15) is 58.5 Å². The molecule has 2 aromatic rings. The fourth-order valence-corrected chi connectivity index (χ4v) is 12.2. The number of ether oxygens (including phenoxy) is 6. The van der Waals surface area contributed by atoms with Crippen LogP contribution in [-0.2, 0) is 89.8 Å². The minimum Gasteiger partial charge on any atom is -0.496 e. The second-order valence-corrected chi connectivity index (χ2v) is 23.2. The Morgan fingerprint density at radius 3 is 2.11 bits per heavy atom. The maximum Gasteiger partial charge on any atom is 0.246 e.